The van der Waals surface area contributed by atoms with E-state index in [9.17, 15) is 4.79 Å². The number of benzene rings is 1. The molecule has 0 bridgehead atoms. The fourth-order valence-corrected chi connectivity index (χ4v) is 2.61. The van der Waals surface area contributed by atoms with Gasteiger partial charge in [-0.1, -0.05) is 35.3 Å². The maximum absolute atomic E-state index is 11.7. The summed E-state index contributed by atoms with van der Waals surface area (Å²) in [6.45, 7) is 3.58. The van der Waals surface area contributed by atoms with Gasteiger partial charge in [0.25, 0.3) is 0 Å². The number of nitrogens with one attached hydrogen (secondary N) is 2. The lowest BCUT2D eigenvalue weighted by molar-refractivity contribution is -0.115. The van der Waals surface area contributed by atoms with E-state index in [1.165, 1.54) is 19.3 Å². The van der Waals surface area contributed by atoms with Gasteiger partial charge in [0.1, 0.15) is 0 Å². The third-order valence-corrected chi connectivity index (χ3v) is 4.00. The maximum Gasteiger partial charge on any atom is 0.238 e. The van der Waals surface area contributed by atoms with Crippen molar-refractivity contribution in [2.24, 2.45) is 5.41 Å². The summed E-state index contributed by atoms with van der Waals surface area (Å²) in [6.07, 6.45) is 3.86. The number of anilines is 1. The molecule has 0 spiro atoms. The van der Waals surface area contributed by atoms with Crippen molar-refractivity contribution in [1.82, 2.24) is 5.32 Å². The van der Waals surface area contributed by atoms with Crippen LogP contribution in [-0.2, 0) is 4.79 Å². The zero-order chi connectivity index (χ0) is 13.0. The molecule has 0 atom stereocenters. The molecule has 0 heterocycles. The molecule has 2 N–H and O–H groups in total. The van der Waals surface area contributed by atoms with Gasteiger partial charge in [-0.2, -0.15) is 0 Å². The molecule has 1 aromatic rings. The Kier molecular flexibility index (Phi) is 4.40. The smallest absolute Gasteiger partial charge is 0.238 e. The molecule has 1 amide bonds. The van der Waals surface area contributed by atoms with Crippen LogP contribution in [0.1, 0.15) is 26.2 Å². The highest BCUT2D eigenvalue weighted by molar-refractivity contribution is 9.10. The average molecular weight is 311 g/mol. The standard InChI is InChI=1S/C14H19BrN2O/c1-14(6-3-7-14)10-16-9-13(18)17-12-5-2-4-11(15)8-12/h2,4-5,8,16H,3,6-7,9-10H2,1H3,(H,17,18). The predicted molar refractivity (Wildman–Crippen MR) is 77.6 cm³/mol. The molecule has 1 aromatic carbocycles. The first-order valence-corrected chi connectivity index (χ1v) is 7.13. The summed E-state index contributed by atoms with van der Waals surface area (Å²) in [7, 11) is 0. The van der Waals surface area contributed by atoms with Crippen LogP contribution in [0.25, 0.3) is 0 Å². The Bertz CT molecular complexity index is 430. The second-order valence-corrected chi connectivity index (χ2v) is 6.24. The van der Waals surface area contributed by atoms with Crippen molar-refractivity contribution < 1.29 is 4.79 Å². The second kappa shape index (κ2) is 5.85. The lowest BCUT2D eigenvalue weighted by atomic mass is 9.70. The van der Waals surface area contributed by atoms with Gasteiger partial charge in [-0.3, -0.25) is 4.79 Å². The molecule has 0 radical (unpaired) electrons. The normalized spacial score (nSPS) is 17.0. The van der Waals surface area contributed by atoms with Crippen LogP contribution in [0, 0.1) is 5.41 Å². The van der Waals surface area contributed by atoms with E-state index in [1.807, 2.05) is 24.3 Å². The van der Waals surface area contributed by atoms with Crippen LogP contribution >= 0.6 is 15.9 Å². The van der Waals surface area contributed by atoms with Gasteiger partial charge in [-0.05, 0) is 36.5 Å². The van der Waals surface area contributed by atoms with Gasteiger partial charge in [0.2, 0.25) is 5.91 Å². The molecule has 98 valence electrons. The highest BCUT2D eigenvalue weighted by Gasteiger charge is 2.31. The number of carbonyl (C=O) groups excluding carboxylic acids is 1. The zero-order valence-corrected chi connectivity index (χ0v) is 12.2. The maximum atomic E-state index is 11.7. The van der Waals surface area contributed by atoms with Crippen LogP contribution in [0.5, 0.6) is 0 Å². The molecule has 1 saturated carbocycles. The van der Waals surface area contributed by atoms with Crippen molar-refractivity contribution in [1.29, 1.82) is 0 Å². The Hall–Kier alpha value is -0.870. The number of hydrogen-bond acceptors (Lipinski definition) is 2. The van der Waals surface area contributed by atoms with Crippen molar-refractivity contribution in [3.63, 3.8) is 0 Å². The topological polar surface area (TPSA) is 41.1 Å². The zero-order valence-electron chi connectivity index (χ0n) is 10.6. The van der Waals surface area contributed by atoms with Crippen LogP contribution in [0.3, 0.4) is 0 Å². The van der Waals surface area contributed by atoms with Crippen molar-refractivity contribution >= 4 is 27.5 Å². The monoisotopic (exact) mass is 310 g/mol. The summed E-state index contributed by atoms with van der Waals surface area (Å²) in [4.78, 5) is 11.7. The molecule has 1 fully saturated rings. The van der Waals surface area contributed by atoms with Gasteiger partial charge in [-0.15, -0.1) is 0 Å². The van der Waals surface area contributed by atoms with Crippen LogP contribution < -0.4 is 10.6 Å². The molecule has 0 aromatic heterocycles. The summed E-state index contributed by atoms with van der Waals surface area (Å²) < 4.78 is 0.968. The second-order valence-electron chi connectivity index (χ2n) is 5.33. The molecule has 3 nitrogen and oxygen atoms in total. The lowest BCUT2D eigenvalue weighted by Crippen LogP contribution is -2.40. The molecule has 1 aliphatic carbocycles. The Balaban J connectivity index is 1.72. The van der Waals surface area contributed by atoms with Gasteiger partial charge in [0.15, 0.2) is 0 Å². The minimum Gasteiger partial charge on any atom is -0.325 e. The van der Waals surface area contributed by atoms with Crippen molar-refractivity contribution in [3.8, 4) is 0 Å². The third kappa shape index (κ3) is 3.82. The van der Waals surface area contributed by atoms with E-state index in [4.69, 9.17) is 0 Å². The van der Waals surface area contributed by atoms with E-state index in [0.29, 0.717) is 12.0 Å². The van der Waals surface area contributed by atoms with Gasteiger partial charge in [-0.25, -0.2) is 0 Å². The third-order valence-electron chi connectivity index (χ3n) is 3.51. The highest BCUT2D eigenvalue weighted by atomic mass is 79.9. The first-order chi connectivity index (χ1) is 8.57. The van der Waals surface area contributed by atoms with Crippen LogP contribution in [0.15, 0.2) is 28.7 Å². The van der Waals surface area contributed by atoms with E-state index in [1.54, 1.807) is 0 Å². The van der Waals surface area contributed by atoms with Crippen molar-refractivity contribution in [2.75, 3.05) is 18.4 Å². The Labute approximate surface area is 116 Å². The highest BCUT2D eigenvalue weighted by Crippen LogP contribution is 2.39. The summed E-state index contributed by atoms with van der Waals surface area (Å²) in [5, 5.41) is 6.11. The van der Waals surface area contributed by atoms with E-state index in [2.05, 4.69) is 33.5 Å². The molecule has 2 rings (SSSR count). The fraction of sp³-hybridized carbons (Fsp3) is 0.500. The van der Waals surface area contributed by atoms with Gasteiger partial charge in [0.05, 0.1) is 6.54 Å². The molecule has 1 aliphatic rings. The number of hydrogen-bond donors (Lipinski definition) is 2. The summed E-state index contributed by atoms with van der Waals surface area (Å²) in [5.74, 6) is 0.0102. The van der Waals surface area contributed by atoms with E-state index in [-0.39, 0.29) is 5.91 Å². The SMILES string of the molecule is CC1(CNCC(=O)Nc2cccc(Br)c2)CCC1. The average Bonchev–Trinajstić information content (AvgIpc) is 2.26. The summed E-state index contributed by atoms with van der Waals surface area (Å²) in [6, 6.07) is 7.62. The molecule has 4 heteroatoms. The van der Waals surface area contributed by atoms with Gasteiger partial charge in [0, 0.05) is 16.7 Å². The molecular weight excluding hydrogens is 292 g/mol. The number of amides is 1. The van der Waals surface area contributed by atoms with Crippen molar-refractivity contribution in [3.05, 3.63) is 28.7 Å². The lowest BCUT2D eigenvalue weighted by Gasteiger charge is -2.38. The Morgan fingerprint density at radius 3 is 2.83 bits per heavy atom. The Morgan fingerprint density at radius 1 is 1.44 bits per heavy atom. The first-order valence-electron chi connectivity index (χ1n) is 6.34. The first kappa shape index (κ1) is 13.6. The molecule has 0 aliphatic heterocycles. The largest absolute Gasteiger partial charge is 0.325 e. The number of rotatable bonds is 5. The quantitative estimate of drug-likeness (QED) is 0.877. The van der Waals surface area contributed by atoms with Gasteiger partial charge >= 0.3 is 0 Å². The minimum atomic E-state index is 0.0102. The van der Waals surface area contributed by atoms with Crippen LogP contribution in [0.2, 0.25) is 0 Å². The molecular formula is C14H19BrN2O. The van der Waals surface area contributed by atoms with Gasteiger partial charge < -0.3 is 10.6 Å². The Morgan fingerprint density at radius 2 is 2.22 bits per heavy atom. The number of carbonyl (C=O) groups is 1. The van der Waals surface area contributed by atoms with E-state index >= 15 is 0 Å². The van der Waals surface area contributed by atoms with E-state index in [0.717, 1.165) is 16.7 Å². The predicted octanol–water partition coefficient (Wildman–Crippen LogP) is 3.17. The van der Waals surface area contributed by atoms with Crippen LogP contribution in [0.4, 0.5) is 5.69 Å². The summed E-state index contributed by atoms with van der Waals surface area (Å²) in [5.41, 5.74) is 1.24. The fourth-order valence-electron chi connectivity index (χ4n) is 2.21. The number of halogens is 1. The minimum absolute atomic E-state index is 0.0102. The summed E-state index contributed by atoms with van der Waals surface area (Å²) >= 11 is 3.38. The molecule has 0 saturated heterocycles. The molecule has 18 heavy (non-hydrogen) atoms. The molecule has 0 unspecified atom stereocenters. The van der Waals surface area contributed by atoms with Crippen LogP contribution in [-0.4, -0.2) is 19.0 Å². The van der Waals surface area contributed by atoms with E-state index < -0.39 is 0 Å². The van der Waals surface area contributed by atoms with Crippen molar-refractivity contribution in [2.45, 2.75) is 26.2 Å².